The van der Waals surface area contributed by atoms with Crippen LogP contribution < -0.4 is 10.8 Å². The summed E-state index contributed by atoms with van der Waals surface area (Å²) in [6.07, 6.45) is 16.5. The van der Waals surface area contributed by atoms with Gasteiger partial charge in [-0.2, -0.15) is 16.0 Å². The molecule has 6 heteroatoms. The minimum atomic E-state index is -0.114. The van der Waals surface area contributed by atoms with E-state index in [1.54, 1.807) is 0 Å². The van der Waals surface area contributed by atoms with Crippen molar-refractivity contribution in [2.24, 2.45) is 35.5 Å². The molecule has 6 nitrogen and oxygen atoms in total. The molecule has 39 heavy (non-hydrogen) atoms. The predicted molar refractivity (Wildman–Crippen MR) is 153 cm³/mol. The van der Waals surface area contributed by atoms with E-state index in [2.05, 4.69) is 53.2 Å². The fraction of sp³-hybridized carbons (Fsp3) is 0.727. The molecule has 1 amide bonds. The van der Waals surface area contributed by atoms with Crippen molar-refractivity contribution in [2.75, 3.05) is 13.2 Å². The highest BCUT2D eigenvalue weighted by Crippen LogP contribution is 2.32. The lowest BCUT2D eigenvalue weighted by Crippen LogP contribution is -2.40. The molecule has 0 radical (unpaired) electrons. The first-order valence-electron chi connectivity index (χ1n) is 15.2. The van der Waals surface area contributed by atoms with E-state index in [0.29, 0.717) is 30.9 Å². The zero-order chi connectivity index (χ0) is 27.7. The standard InChI is InChI=1S/C33H46N4O2/c1-2-33(38)36-21-5-3-4-6-22-39-37-32-23-28(12-7-26-8-13-29(24-34)14-9-26)18-20-31(32)19-17-27-10-15-30(25-35)16-11-27/h2,26-32,37H,1,3-6,8-11,13-16,18,20-23H2,(H,36,38). The molecule has 0 spiro atoms. The number of amides is 1. The van der Waals surface area contributed by atoms with E-state index < -0.39 is 0 Å². The van der Waals surface area contributed by atoms with Gasteiger partial charge in [0.1, 0.15) is 0 Å². The Balaban J connectivity index is 1.46. The van der Waals surface area contributed by atoms with Crippen LogP contribution in [0.4, 0.5) is 0 Å². The average molecular weight is 531 g/mol. The van der Waals surface area contributed by atoms with Crippen molar-refractivity contribution in [1.82, 2.24) is 10.8 Å². The Bertz CT molecular complexity index is 972. The number of rotatable bonds is 10. The maximum Gasteiger partial charge on any atom is 0.243 e. The Kier molecular flexibility index (Phi) is 14.0. The van der Waals surface area contributed by atoms with Crippen molar-refractivity contribution in [3.8, 4) is 35.8 Å². The van der Waals surface area contributed by atoms with E-state index in [9.17, 15) is 10.1 Å². The highest BCUT2D eigenvalue weighted by atomic mass is 16.6. The van der Waals surface area contributed by atoms with Crippen LogP contribution in [-0.2, 0) is 9.63 Å². The summed E-state index contributed by atoms with van der Waals surface area (Å²) in [4.78, 5) is 17.1. The fourth-order valence-corrected chi connectivity index (χ4v) is 5.90. The van der Waals surface area contributed by atoms with Gasteiger partial charge in [0.2, 0.25) is 5.91 Å². The quantitative estimate of drug-likeness (QED) is 0.160. The number of nitrogens with zero attached hydrogens (tertiary/aromatic N) is 2. The Morgan fingerprint density at radius 3 is 1.90 bits per heavy atom. The van der Waals surface area contributed by atoms with Crippen LogP contribution in [0.25, 0.3) is 0 Å². The van der Waals surface area contributed by atoms with E-state index in [-0.39, 0.29) is 29.7 Å². The molecule has 0 aromatic heterocycles. The molecule has 3 fully saturated rings. The predicted octanol–water partition coefficient (Wildman–Crippen LogP) is 5.82. The largest absolute Gasteiger partial charge is 0.353 e. The minimum Gasteiger partial charge on any atom is -0.353 e. The van der Waals surface area contributed by atoms with Crippen LogP contribution in [0.15, 0.2) is 12.7 Å². The molecule has 0 bridgehead atoms. The zero-order valence-corrected chi connectivity index (χ0v) is 23.6. The number of hydroxylamine groups is 1. The van der Waals surface area contributed by atoms with Gasteiger partial charge in [0.15, 0.2) is 0 Å². The van der Waals surface area contributed by atoms with Gasteiger partial charge in [0, 0.05) is 48.1 Å². The summed E-state index contributed by atoms with van der Waals surface area (Å²) in [5.74, 6) is 16.1. The van der Waals surface area contributed by atoms with Gasteiger partial charge in [0.05, 0.1) is 18.7 Å². The van der Waals surface area contributed by atoms with Crippen LogP contribution in [-0.4, -0.2) is 25.1 Å². The Morgan fingerprint density at radius 2 is 1.28 bits per heavy atom. The third kappa shape index (κ3) is 11.5. The molecular weight excluding hydrogens is 484 g/mol. The second-order valence-electron chi connectivity index (χ2n) is 11.5. The van der Waals surface area contributed by atoms with Gasteiger partial charge < -0.3 is 10.2 Å². The summed E-state index contributed by atoms with van der Waals surface area (Å²) >= 11 is 0. The number of carbonyl (C=O) groups excluding carboxylic acids is 1. The molecule has 3 atom stereocenters. The van der Waals surface area contributed by atoms with E-state index in [1.807, 2.05) is 0 Å². The van der Waals surface area contributed by atoms with Crippen LogP contribution in [0.3, 0.4) is 0 Å². The minimum absolute atomic E-state index is 0.114. The smallest absolute Gasteiger partial charge is 0.243 e. The van der Waals surface area contributed by atoms with E-state index in [4.69, 9.17) is 10.1 Å². The molecule has 0 aromatic rings. The summed E-state index contributed by atoms with van der Waals surface area (Å²) in [5, 5.41) is 21.1. The van der Waals surface area contributed by atoms with Crippen molar-refractivity contribution in [2.45, 2.75) is 102 Å². The van der Waals surface area contributed by atoms with Crippen molar-refractivity contribution in [3.63, 3.8) is 0 Å². The van der Waals surface area contributed by atoms with Crippen molar-refractivity contribution in [3.05, 3.63) is 12.7 Å². The van der Waals surface area contributed by atoms with E-state index in [0.717, 1.165) is 96.3 Å². The van der Waals surface area contributed by atoms with Crippen LogP contribution >= 0.6 is 0 Å². The van der Waals surface area contributed by atoms with E-state index >= 15 is 0 Å². The van der Waals surface area contributed by atoms with Gasteiger partial charge in [-0.15, -0.1) is 0 Å². The molecule has 0 heterocycles. The van der Waals surface area contributed by atoms with Gasteiger partial charge in [-0.3, -0.25) is 4.79 Å². The number of carbonyl (C=O) groups is 1. The van der Waals surface area contributed by atoms with Crippen molar-refractivity contribution in [1.29, 1.82) is 10.5 Å². The topological polar surface area (TPSA) is 97.9 Å². The summed E-state index contributed by atoms with van der Waals surface area (Å²) in [5.41, 5.74) is 3.36. The van der Waals surface area contributed by atoms with Crippen LogP contribution in [0, 0.1) is 81.9 Å². The molecule has 3 unspecified atom stereocenters. The Morgan fingerprint density at radius 1 is 0.744 bits per heavy atom. The molecule has 0 aromatic carbocycles. The lowest BCUT2D eigenvalue weighted by Gasteiger charge is -2.32. The van der Waals surface area contributed by atoms with Gasteiger partial charge >= 0.3 is 0 Å². The third-order valence-electron chi connectivity index (χ3n) is 8.53. The molecule has 3 rings (SSSR count). The highest BCUT2D eigenvalue weighted by molar-refractivity contribution is 5.86. The second-order valence-corrected chi connectivity index (χ2v) is 11.5. The first-order valence-corrected chi connectivity index (χ1v) is 15.2. The number of nitrogens with one attached hydrogen (secondary N) is 2. The van der Waals surface area contributed by atoms with Gasteiger partial charge in [0.25, 0.3) is 0 Å². The van der Waals surface area contributed by atoms with Crippen LogP contribution in [0.1, 0.15) is 96.3 Å². The van der Waals surface area contributed by atoms with Crippen LogP contribution in [0.2, 0.25) is 0 Å². The average Bonchev–Trinajstić information content (AvgIpc) is 2.98. The third-order valence-corrected chi connectivity index (χ3v) is 8.53. The number of nitriles is 2. The second kappa shape index (κ2) is 17.7. The SMILES string of the molecule is C=CC(=O)NCCCCCCONC1CC(C#CC2CCC(C#N)CC2)CCC1C#CC1CCC(C#N)CC1. The van der Waals surface area contributed by atoms with Crippen molar-refractivity contribution >= 4 is 5.91 Å². The number of unbranched alkanes of at least 4 members (excludes halogenated alkanes) is 3. The molecule has 3 aliphatic rings. The zero-order valence-electron chi connectivity index (χ0n) is 23.6. The molecular formula is C33H46N4O2. The number of hydrogen-bond acceptors (Lipinski definition) is 5. The maximum atomic E-state index is 11.2. The molecule has 2 N–H and O–H groups in total. The van der Waals surface area contributed by atoms with Crippen LogP contribution in [0.5, 0.6) is 0 Å². The summed E-state index contributed by atoms with van der Waals surface area (Å²) in [6, 6.07) is 5.00. The summed E-state index contributed by atoms with van der Waals surface area (Å²) < 4.78 is 0. The first kappa shape index (κ1) is 30.8. The molecule has 210 valence electrons. The lowest BCUT2D eigenvalue weighted by molar-refractivity contribution is -0.116. The molecule has 0 saturated heterocycles. The maximum absolute atomic E-state index is 11.2. The Labute approximate surface area is 236 Å². The van der Waals surface area contributed by atoms with E-state index in [1.165, 1.54) is 6.08 Å². The first-order chi connectivity index (χ1) is 19.1. The Hall–Kier alpha value is -2.77. The normalized spacial score (nSPS) is 30.3. The fourth-order valence-electron chi connectivity index (χ4n) is 5.90. The molecule has 0 aliphatic heterocycles. The molecule has 3 aliphatic carbocycles. The van der Waals surface area contributed by atoms with Crippen molar-refractivity contribution < 1.29 is 9.63 Å². The number of hydrogen-bond donors (Lipinski definition) is 2. The van der Waals surface area contributed by atoms with Gasteiger partial charge in [-0.1, -0.05) is 43.1 Å². The monoisotopic (exact) mass is 530 g/mol. The summed E-state index contributed by atoms with van der Waals surface area (Å²) in [6.45, 7) is 4.81. The summed E-state index contributed by atoms with van der Waals surface area (Å²) in [7, 11) is 0. The highest BCUT2D eigenvalue weighted by Gasteiger charge is 2.30. The van der Waals surface area contributed by atoms with Gasteiger partial charge in [-0.05, 0) is 89.5 Å². The lowest BCUT2D eigenvalue weighted by atomic mass is 9.77. The molecule has 3 saturated carbocycles. The van der Waals surface area contributed by atoms with Gasteiger partial charge in [-0.25, -0.2) is 0 Å².